The average Bonchev–Trinajstić information content (AvgIpc) is 2.85. The van der Waals surface area contributed by atoms with Crippen LogP contribution in [-0.4, -0.2) is 17.5 Å². The summed E-state index contributed by atoms with van der Waals surface area (Å²) in [6, 6.07) is 14.9. The van der Waals surface area contributed by atoms with Gasteiger partial charge in [-0.2, -0.15) is 0 Å². The number of hydrogen-bond donors (Lipinski definition) is 1. The number of likely N-dealkylation sites (tertiary alicyclic amines) is 1. The minimum atomic E-state index is 0.00993. The summed E-state index contributed by atoms with van der Waals surface area (Å²) < 4.78 is 0. The Morgan fingerprint density at radius 3 is 2.44 bits per heavy atom. The summed E-state index contributed by atoms with van der Waals surface area (Å²) in [6.45, 7) is 7.07. The minimum Gasteiger partial charge on any atom is -0.317 e. The first-order chi connectivity index (χ1) is 12.0. The van der Waals surface area contributed by atoms with Gasteiger partial charge in [0.05, 0.1) is 6.04 Å². The number of nitrogens with one attached hydrogen (secondary N) is 1. The fourth-order valence-corrected chi connectivity index (χ4v) is 3.50. The summed E-state index contributed by atoms with van der Waals surface area (Å²) >= 11 is 0. The van der Waals surface area contributed by atoms with Crippen molar-refractivity contribution in [3.63, 3.8) is 0 Å². The number of anilines is 1. The Kier molecular flexibility index (Phi) is 5.42. The number of nitrogens with zero attached hydrogens (tertiary/aromatic N) is 1. The van der Waals surface area contributed by atoms with Gasteiger partial charge in [-0.15, -0.1) is 0 Å². The number of rotatable bonds is 2. The van der Waals surface area contributed by atoms with Crippen molar-refractivity contribution in [1.29, 1.82) is 0 Å². The Labute approximate surface area is 151 Å². The second-order valence-electron chi connectivity index (χ2n) is 7.20. The van der Waals surface area contributed by atoms with E-state index in [-0.39, 0.29) is 12.1 Å². The summed E-state index contributed by atoms with van der Waals surface area (Å²) in [7, 11) is 0. The number of benzene rings is 2. The molecule has 132 valence electrons. The highest BCUT2D eigenvalue weighted by molar-refractivity contribution is 5.89. The van der Waals surface area contributed by atoms with E-state index in [1.165, 1.54) is 35.1 Å². The fourth-order valence-electron chi connectivity index (χ4n) is 3.50. The van der Waals surface area contributed by atoms with Gasteiger partial charge in [-0.25, -0.2) is 4.79 Å². The molecule has 1 aliphatic heterocycles. The van der Waals surface area contributed by atoms with E-state index in [1.54, 1.807) is 0 Å². The van der Waals surface area contributed by atoms with Crippen molar-refractivity contribution in [2.24, 2.45) is 0 Å². The highest BCUT2D eigenvalue weighted by atomic mass is 16.2. The molecular formula is C22H28N2O. The third kappa shape index (κ3) is 4.22. The molecule has 0 spiro atoms. The van der Waals surface area contributed by atoms with Crippen LogP contribution in [0.5, 0.6) is 0 Å². The molecule has 2 amide bonds. The van der Waals surface area contributed by atoms with Gasteiger partial charge in [-0.05, 0) is 62.4 Å². The second-order valence-corrected chi connectivity index (χ2v) is 7.20. The van der Waals surface area contributed by atoms with E-state index in [1.807, 2.05) is 17.0 Å². The molecule has 3 nitrogen and oxygen atoms in total. The monoisotopic (exact) mass is 336 g/mol. The van der Waals surface area contributed by atoms with E-state index in [9.17, 15) is 4.79 Å². The Balaban J connectivity index is 1.81. The van der Waals surface area contributed by atoms with Gasteiger partial charge in [0, 0.05) is 12.2 Å². The molecule has 0 unspecified atom stereocenters. The van der Waals surface area contributed by atoms with Gasteiger partial charge < -0.3 is 10.2 Å². The van der Waals surface area contributed by atoms with Gasteiger partial charge >= 0.3 is 6.03 Å². The van der Waals surface area contributed by atoms with Crippen LogP contribution in [0.2, 0.25) is 0 Å². The zero-order valence-electron chi connectivity index (χ0n) is 15.5. The molecule has 0 aliphatic carbocycles. The molecular weight excluding hydrogens is 308 g/mol. The van der Waals surface area contributed by atoms with Crippen LogP contribution in [0.15, 0.2) is 42.5 Å². The van der Waals surface area contributed by atoms with E-state index in [0.717, 1.165) is 25.1 Å². The van der Waals surface area contributed by atoms with Gasteiger partial charge in [0.2, 0.25) is 0 Å². The largest absolute Gasteiger partial charge is 0.322 e. The number of carbonyl (C=O) groups is 1. The summed E-state index contributed by atoms with van der Waals surface area (Å²) in [5.41, 5.74) is 5.81. The van der Waals surface area contributed by atoms with Crippen molar-refractivity contribution >= 4 is 11.7 Å². The summed E-state index contributed by atoms with van der Waals surface area (Å²) in [4.78, 5) is 15.0. The van der Waals surface area contributed by atoms with E-state index < -0.39 is 0 Å². The van der Waals surface area contributed by atoms with Crippen LogP contribution in [0.25, 0.3) is 0 Å². The molecule has 1 saturated heterocycles. The van der Waals surface area contributed by atoms with Crippen molar-refractivity contribution in [2.75, 3.05) is 11.9 Å². The maximum Gasteiger partial charge on any atom is 0.322 e. The van der Waals surface area contributed by atoms with Crippen molar-refractivity contribution in [2.45, 2.75) is 52.5 Å². The Morgan fingerprint density at radius 1 is 0.960 bits per heavy atom. The standard InChI is InChI=1S/C22H28N2O/c1-16-8-11-19(12-9-16)21-7-5-4-6-14-24(21)22(25)23-20-13-10-17(2)18(3)15-20/h8-13,15,21H,4-7,14H2,1-3H3,(H,23,25)/t21-/m0/s1. The number of carbonyl (C=O) groups excluding carboxylic acids is 1. The molecule has 2 aromatic carbocycles. The van der Waals surface area contributed by atoms with Gasteiger partial charge in [0.15, 0.2) is 0 Å². The molecule has 1 heterocycles. The number of aryl methyl sites for hydroxylation is 3. The summed E-state index contributed by atoms with van der Waals surface area (Å²) in [5.74, 6) is 0. The molecule has 2 aromatic rings. The Morgan fingerprint density at radius 2 is 1.72 bits per heavy atom. The lowest BCUT2D eigenvalue weighted by Gasteiger charge is -2.30. The van der Waals surface area contributed by atoms with Crippen LogP contribution in [0.3, 0.4) is 0 Å². The molecule has 0 bridgehead atoms. The van der Waals surface area contributed by atoms with E-state index in [0.29, 0.717) is 0 Å². The van der Waals surface area contributed by atoms with Gasteiger partial charge in [0.1, 0.15) is 0 Å². The third-order valence-corrected chi connectivity index (χ3v) is 5.23. The van der Waals surface area contributed by atoms with E-state index in [2.05, 4.69) is 56.4 Å². The van der Waals surface area contributed by atoms with E-state index >= 15 is 0 Å². The Hall–Kier alpha value is -2.29. The van der Waals surface area contributed by atoms with E-state index in [4.69, 9.17) is 0 Å². The first kappa shape index (κ1) is 17.5. The molecule has 1 atom stereocenters. The molecule has 1 aliphatic rings. The fraction of sp³-hybridized carbons (Fsp3) is 0.409. The average molecular weight is 336 g/mol. The molecule has 1 fully saturated rings. The molecule has 1 N–H and O–H groups in total. The van der Waals surface area contributed by atoms with Crippen LogP contribution < -0.4 is 5.32 Å². The quantitative estimate of drug-likeness (QED) is 0.743. The SMILES string of the molecule is Cc1ccc([C@@H]2CCCCCN2C(=O)Nc2ccc(C)c(C)c2)cc1. The van der Waals surface area contributed by atoms with Crippen molar-refractivity contribution in [3.8, 4) is 0 Å². The first-order valence-electron chi connectivity index (χ1n) is 9.26. The lowest BCUT2D eigenvalue weighted by molar-refractivity contribution is 0.189. The van der Waals surface area contributed by atoms with Gasteiger partial charge in [0.25, 0.3) is 0 Å². The Bertz CT molecular complexity index is 736. The smallest absolute Gasteiger partial charge is 0.317 e. The number of urea groups is 1. The number of amides is 2. The zero-order chi connectivity index (χ0) is 17.8. The summed E-state index contributed by atoms with van der Waals surface area (Å²) in [5, 5.41) is 3.11. The van der Waals surface area contributed by atoms with Crippen molar-refractivity contribution in [1.82, 2.24) is 4.90 Å². The second kappa shape index (κ2) is 7.73. The van der Waals surface area contributed by atoms with Crippen molar-refractivity contribution in [3.05, 3.63) is 64.7 Å². The molecule has 0 saturated carbocycles. The van der Waals surface area contributed by atoms with Gasteiger partial charge in [-0.1, -0.05) is 48.7 Å². The molecule has 0 radical (unpaired) electrons. The van der Waals surface area contributed by atoms with Gasteiger partial charge in [-0.3, -0.25) is 0 Å². The maximum absolute atomic E-state index is 13.0. The normalized spacial score (nSPS) is 17.9. The van der Waals surface area contributed by atoms with Crippen LogP contribution >= 0.6 is 0 Å². The first-order valence-corrected chi connectivity index (χ1v) is 9.26. The third-order valence-electron chi connectivity index (χ3n) is 5.23. The zero-order valence-corrected chi connectivity index (χ0v) is 15.5. The molecule has 3 heteroatoms. The predicted molar refractivity (Wildman–Crippen MR) is 104 cm³/mol. The van der Waals surface area contributed by atoms with Crippen LogP contribution in [0.4, 0.5) is 10.5 Å². The van der Waals surface area contributed by atoms with Crippen LogP contribution in [-0.2, 0) is 0 Å². The lowest BCUT2D eigenvalue weighted by atomic mass is 10.00. The number of hydrogen-bond acceptors (Lipinski definition) is 1. The maximum atomic E-state index is 13.0. The summed E-state index contributed by atoms with van der Waals surface area (Å²) in [6.07, 6.45) is 4.47. The molecule has 25 heavy (non-hydrogen) atoms. The minimum absolute atomic E-state index is 0.00993. The predicted octanol–water partition coefficient (Wildman–Crippen LogP) is 5.76. The van der Waals surface area contributed by atoms with Crippen LogP contribution in [0.1, 0.15) is 54.0 Å². The van der Waals surface area contributed by atoms with Crippen molar-refractivity contribution < 1.29 is 4.79 Å². The topological polar surface area (TPSA) is 32.3 Å². The highest BCUT2D eigenvalue weighted by Crippen LogP contribution is 2.31. The van der Waals surface area contributed by atoms with Crippen LogP contribution in [0, 0.1) is 20.8 Å². The molecule has 0 aromatic heterocycles. The highest BCUT2D eigenvalue weighted by Gasteiger charge is 2.26. The molecule has 3 rings (SSSR count). The lowest BCUT2D eigenvalue weighted by Crippen LogP contribution is -2.38.